The number of nitrogens with one attached hydrogen (secondary N) is 1. The summed E-state index contributed by atoms with van der Waals surface area (Å²) >= 11 is 13.5. The van der Waals surface area contributed by atoms with Gasteiger partial charge < -0.3 is 5.32 Å². The molecule has 1 saturated carbocycles. The molecule has 25 heavy (non-hydrogen) atoms. The summed E-state index contributed by atoms with van der Waals surface area (Å²) in [5, 5.41) is 6.01. The average Bonchev–Trinajstić information content (AvgIpc) is 3.19. The van der Waals surface area contributed by atoms with E-state index in [0.29, 0.717) is 28.0 Å². The van der Waals surface area contributed by atoms with E-state index in [0.717, 1.165) is 18.4 Å². The molecule has 1 amide bonds. The van der Waals surface area contributed by atoms with Gasteiger partial charge in [-0.15, -0.1) is 11.3 Å². The van der Waals surface area contributed by atoms with Gasteiger partial charge in [-0.05, 0) is 37.0 Å². The maximum atomic E-state index is 12.9. The molecule has 2 unspecified atom stereocenters. The number of carbonyl (C=O) groups is 2. The number of benzene rings is 1. The number of hydrogen-bond donors (Lipinski definition) is 1. The first-order valence-corrected chi connectivity index (χ1v) is 9.71. The highest BCUT2D eigenvalue weighted by atomic mass is 35.5. The Balaban J connectivity index is 1.91. The first-order valence-electron chi connectivity index (χ1n) is 8.08. The smallest absolute Gasteiger partial charge is 0.233 e. The highest BCUT2D eigenvalue weighted by Crippen LogP contribution is 2.43. The van der Waals surface area contributed by atoms with E-state index in [9.17, 15) is 9.59 Å². The number of thiazole rings is 1. The van der Waals surface area contributed by atoms with Gasteiger partial charge in [-0.3, -0.25) is 9.59 Å². The molecule has 0 spiro atoms. The van der Waals surface area contributed by atoms with Crippen LogP contribution in [0.2, 0.25) is 10.0 Å². The van der Waals surface area contributed by atoms with Crippen LogP contribution in [0.4, 0.5) is 5.13 Å². The quantitative estimate of drug-likeness (QED) is 0.743. The molecule has 0 saturated heterocycles. The molecule has 0 aliphatic heterocycles. The molecule has 132 valence electrons. The predicted octanol–water partition coefficient (Wildman–Crippen LogP) is 5.32. The highest BCUT2D eigenvalue weighted by molar-refractivity contribution is 7.13. The van der Waals surface area contributed by atoms with E-state index in [1.54, 1.807) is 29.8 Å². The van der Waals surface area contributed by atoms with Crippen LogP contribution in [0.5, 0.6) is 0 Å². The number of halogens is 2. The van der Waals surface area contributed by atoms with Gasteiger partial charge in [0.1, 0.15) is 5.78 Å². The van der Waals surface area contributed by atoms with Crippen LogP contribution in [0.15, 0.2) is 29.8 Å². The molecule has 1 N–H and O–H groups in total. The van der Waals surface area contributed by atoms with E-state index < -0.39 is 11.3 Å². The third-order valence-corrected chi connectivity index (χ3v) is 6.21. The van der Waals surface area contributed by atoms with Crippen LogP contribution in [0.1, 0.15) is 44.1 Å². The number of hydrogen-bond acceptors (Lipinski definition) is 4. The molecular formula is C18H18Cl2N2O2S. The van der Waals surface area contributed by atoms with Gasteiger partial charge in [0.05, 0.1) is 16.0 Å². The summed E-state index contributed by atoms with van der Waals surface area (Å²) in [6.07, 6.45) is 4.33. The zero-order valence-electron chi connectivity index (χ0n) is 13.7. The number of Topliss-reactive ketones (excluding diaryl/α,β-unsaturated/α-hetero) is 1. The fraction of sp³-hybridized carbons (Fsp3) is 0.389. The predicted molar refractivity (Wildman–Crippen MR) is 102 cm³/mol. The lowest BCUT2D eigenvalue weighted by molar-refractivity contribution is -0.126. The van der Waals surface area contributed by atoms with Crippen LogP contribution in [-0.2, 0) is 9.59 Å². The number of amides is 1. The lowest BCUT2D eigenvalue weighted by Gasteiger charge is -2.27. The van der Waals surface area contributed by atoms with Crippen LogP contribution in [-0.4, -0.2) is 16.7 Å². The van der Waals surface area contributed by atoms with Crippen LogP contribution >= 0.6 is 34.5 Å². The van der Waals surface area contributed by atoms with Crippen molar-refractivity contribution >= 4 is 51.4 Å². The Labute approximate surface area is 160 Å². The summed E-state index contributed by atoms with van der Waals surface area (Å²) in [4.78, 5) is 29.3. The summed E-state index contributed by atoms with van der Waals surface area (Å²) in [5.74, 6) is -0.459. The minimum atomic E-state index is -0.495. The third-order valence-electron chi connectivity index (χ3n) is 4.79. The van der Waals surface area contributed by atoms with E-state index in [4.69, 9.17) is 23.2 Å². The first kappa shape index (κ1) is 18.4. The lowest BCUT2D eigenvalue weighted by atomic mass is 9.76. The number of carbonyl (C=O) groups excluding carboxylic acids is 2. The molecule has 3 rings (SSSR count). The van der Waals surface area contributed by atoms with E-state index in [2.05, 4.69) is 10.3 Å². The fourth-order valence-corrected chi connectivity index (χ4v) is 4.15. The molecule has 2 aromatic rings. The van der Waals surface area contributed by atoms with Crippen molar-refractivity contribution < 1.29 is 9.59 Å². The number of rotatable bonds is 5. The Hall–Kier alpha value is -1.43. The van der Waals surface area contributed by atoms with E-state index in [1.165, 1.54) is 11.3 Å². The molecular weight excluding hydrogens is 379 g/mol. The van der Waals surface area contributed by atoms with Crippen molar-refractivity contribution in [3.8, 4) is 0 Å². The summed E-state index contributed by atoms with van der Waals surface area (Å²) in [6, 6.07) is 5.18. The standard InChI is InChI=1S/C18H18Cl2N2O2S/c1-18(6-2-3-15(18)23)10-12(11-4-5-13(19)14(20)9-11)16(24)22-17-21-7-8-25-17/h4-5,7-9,12H,2-3,6,10H2,1H3,(H,21,22,24). The van der Waals surface area contributed by atoms with Gasteiger partial charge in [-0.1, -0.05) is 36.2 Å². The van der Waals surface area contributed by atoms with Crippen molar-refractivity contribution in [3.63, 3.8) is 0 Å². The first-order chi connectivity index (χ1) is 11.9. The molecule has 0 radical (unpaired) electrons. The van der Waals surface area contributed by atoms with Gasteiger partial charge >= 0.3 is 0 Å². The van der Waals surface area contributed by atoms with Gasteiger partial charge in [0, 0.05) is 23.4 Å². The second-order valence-electron chi connectivity index (χ2n) is 6.59. The SMILES string of the molecule is CC1(CC(C(=O)Nc2nccs2)c2ccc(Cl)c(Cl)c2)CCCC1=O. The van der Waals surface area contributed by atoms with Gasteiger partial charge in [0.15, 0.2) is 5.13 Å². The maximum Gasteiger partial charge on any atom is 0.233 e. The fourth-order valence-electron chi connectivity index (χ4n) is 3.32. The largest absolute Gasteiger partial charge is 0.301 e. The maximum absolute atomic E-state index is 12.9. The van der Waals surface area contributed by atoms with Crippen molar-refractivity contribution in [1.29, 1.82) is 0 Å². The number of nitrogens with zero attached hydrogens (tertiary/aromatic N) is 1. The average molecular weight is 397 g/mol. The number of ketones is 1. The Kier molecular flexibility index (Phi) is 5.46. The van der Waals surface area contributed by atoms with E-state index in [-0.39, 0.29) is 11.7 Å². The van der Waals surface area contributed by atoms with Gasteiger partial charge in [0.25, 0.3) is 0 Å². The second kappa shape index (κ2) is 7.44. The van der Waals surface area contributed by atoms with Gasteiger partial charge in [-0.25, -0.2) is 4.98 Å². The topological polar surface area (TPSA) is 59.1 Å². The van der Waals surface area contributed by atoms with Crippen LogP contribution < -0.4 is 5.32 Å². The Bertz CT molecular complexity index is 794. The van der Waals surface area contributed by atoms with Crippen LogP contribution in [0.3, 0.4) is 0 Å². The molecule has 1 aromatic carbocycles. The Morgan fingerprint density at radius 2 is 2.20 bits per heavy atom. The number of anilines is 1. The van der Waals surface area contributed by atoms with Crippen LogP contribution in [0, 0.1) is 5.41 Å². The minimum absolute atomic E-state index is 0.186. The third kappa shape index (κ3) is 4.05. The van der Waals surface area contributed by atoms with E-state index in [1.807, 2.05) is 6.92 Å². The minimum Gasteiger partial charge on any atom is -0.301 e. The van der Waals surface area contributed by atoms with Gasteiger partial charge in [-0.2, -0.15) is 0 Å². The molecule has 1 aliphatic carbocycles. The van der Waals surface area contributed by atoms with Crippen molar-refractivity contribution in [3.05, 3.63) is 45.4 Å². The highest BCUT2D eigenvalue weighted by Gasteiger charge is 2.41. The Morgan fingerprint density at radius 3 is 2.80 bits per heavy atom. The number of aromatic nitrogens is 1. The summed E-state index contributed by atoms with van der Waals surface area (Å²) in [6.45, 7) is 1.95. The van der Waals surface area contributed by atoms with Crippen molar-refractivity contribution in [2.75, 3.05) is 5.32 Å². The molecule has 0 bridgehead atoms. The van der Waals surface area contributed by atoms with Crippen molar-refractivity contribution in [1.82, 2.24) is 4.98 Å². The monoisotopic (exact) mass is 396 g/mol. The second-order valence-corrected chi connectivity index (χ2v) is 8.30. The molecule has 1 heterocycles. The Morgan fingerprint density at radius 1 is 1.40 bits per heavy atom. The summed E-state index contributed by atoms with van der Waals surface area (Å²) in [5.41, 5.74) is 0.265. The molecule has 1 aromatic heterocycles. The summed E-state index contributed by atoms with van der Waals surface area (Å²) in [7, 11) is 0. The van der Waals surface area contributed by atoms with Crippen molar-refractivity contribution in [2.24, 2.45) is 5.41 Å². The summed E-state index contributed by atoms with van der Waals surface area (Å²) < 4.78 is 0. The van der Waals surface area contributed by atoms with Crippen LogP contribution in [0.25, 0.3) is 0 Å². The molecule has 2 atom stereocenters. The molecule has 7 heteroatoms. The lowest BCUT2D eigenvalue weighted by Crippen LogP contribution is -2.30. The normalized spacial score (nSPS) is 21.3. The zero-order valence-corrected chi connectivity index (χ0v) is 16.0. The van der Waals surface area contributed by atoms with Crippen molar-refractivity contribution in [2.45, 2.75) is 38.5 Å². The molecule has 1 fully saturated rings. The van der Waals surface area contributed by atoms with E-state index >= 15 is 0 Å². The molecule has 1 aliphatic rings. The van der Waals surface area contributed by atoms with Gasteiger partial charge in [0.2, 0.25) is 5.91 Å². The zero-order chi connectivity index (χ0) is 18.0. The molecule has 4 nitrogen and oxygen atoms in total.